The van der Waals surface area contributed by atoms with Crippen molar-refractivity contribution in [3.8, 4) is 23.5 Å². The number of benzene rings is 4. The summed E-state index contributed by atoms with van der Waals surface area (Å²) in [7, 11) is 0. The first kappa shape index (κ1) is 12.7. The summed E-state index contributed by atoms with van der Waals surface area (Å²) in [5.41, 5.74) is 3.37. The number of terminal acetylenes is 1. The first-order valence-electron chi connectivity index (χ1n) is 7.35. The minimum absolute atomic E-state index is 0.979. The maximum Gasteiger partial charge on any atom is 0.0405 e. The van der Waals surface area contributed by atoms with E-state index in [2.05, 4.69) is 72.7 Å². The fourth-order valence-electron chi connectivity index (χ4n) is 3.13. The molecule has 0 heterocycles. The van der Waals surface area contributed by atoms with Gasteiger partial charge in [-0.3, -0.25) is 0 Å². The first-order valence-corrected chi connectivity index (χ1v) is 7.35. The van der Waals surface area contributed by atoms with E-state index in [4.69, 9.17) is 6.42 Å². The molecular weight excluding hydrogens is 264 g/mol. The molecule has 0 nitrogen and oxygen atoms in total. The van der Waals surface area contributed by atoms with Crippen LogP contribution in [0.4, 0.5) is 0 Å². The SMILES string of the molecule is C#Cc1c2ccccc2cc2cccc(-c3ccccc3)c12. The van der Waals surface area contributed by atoms with Gasteiger partial charge in [-0.15, -0.1) is 6.42 Å². The summed E-state index contributed by atoms with van der Waals surface area (Å²) >= 11 is 0. The van der Waals surface area contributed by atoms with E-state index < -0.39 is 0 Å². The molecule has 0 amide bonds. The highest BCUT2D eigenvalue weighted by Crippen LogP contribution is 2.35. The van der Waals surface area contributed by atoms with Crippen molar-refractivity contribution in [2.24, 2.45) is 0 Å². The lowest BCUT2D eigenvalue weighted by Gasteiger charge is -2.12. The predicted octanol–water partition coefficient (Wildman–Crippen LogP) is 5.64. The molecule has 0 unspecified atom stereocenters. The average molecular weight is 278 g/mol. The van der Waals surface area contributed by atoms with E-state index in [0.717, 1.165) is 16.3 Å². The van der Waals surface area contributed by atoms with Gasteiger partial charge >= 0.3 is 0 Å². The monoisotopic (exact) mass is 278 g/mol. The molecule has 0 fully saturated rings. The van der Waals surface area contributed by atoms with Crippen LogP contribution in [0.25, 0.3) is 32.7 Å². The van der Waals surface area contributed by atoms with Crippen LogP contribution in [0.3, 0.4) is 0 Å². The van der Waals surface area contributed by atoms with E-state index in [9.17, 15) is 0 Å². The van der Waals surface area contributed by atoms with Gasteiger partial charge in [0, 0.05) is 10.9 Å². The second-order valence-electron chi connectivity index (χ2n) is 5.39. The lowest BCUT2D eigenvalue weighted by atomic mass is 9.91. The molecule has 0 aliphatic carbocycles. The molecule has 0 N–H and O–H groups in total. The zero-order valence-corrected chi connectivity index (χ0v) is 12.1. The molecule has 22 heavy (non-hydrogen) atoms. The molecule has 4 rings (SSSR count). The minimum atomic E-state index is 0.979. The fraction of sp³-hybridized carbons (Fsp3) is 0. The Hall–Kier alpha value is -3.04. The summed E-state index contributed by atoms with van der Waals surface area (Å²) in [6.07, 6.45) is 5.88. The molecule has 4 aromatic carbocycles. The highest BCUT2D eigenvalue weighted by atomic mass is 14.1. The second-order valence-corrected chi connectivity index (χ2v) is 5.39. The van der Waals surface area contributed by atoms with Crippen molar-refractivity contribution >= 4 is 21.5 Å². The lowest BCUT2D eigenvalue weighted by Crippen LogP contribution is -1.88. The number of fused-ring (bicyclic) bond motifs is 2. The Balaban J connectivity index is 2.21. The Labute approximate surface area is 130 Å². The molecule has 0 spiro atoms. The lowest BCUT2D eigenvalue weighted by molar-refractivity contribution is 1.65. The van der Waals surface area contributed by atoms with Gasteiger partial charge < -0.3 is 0 Å². The standard InChI is InChI=1S/C22H14/c1-2-19-20-13-7-6-11-17(20)15-18-12-8-14-21(22(18)19)16-9-4-3-5-10-16/h1,3-15H. The molecule has 0 heteroatoms. The van der Waals surface area contributed by atoms with E-state index >= 15 is 0 Å². The molecule has 0 saturated carbocycles. The third kappa shape index (κ3) is 1.88. The molecule has 0 aliphatic rings. The van der Waals surface area contributed by atoms with E-state index in [1.54, 1.807) is 0 Å². The van der Waals surface area contributed by atoms with Gasteiger partial charge in [-0.1, -0.05) is 78.7 Å². The predicted molar refractivity (Wildman–Crippen MR) is 94.8 cm³/mol. The largest absolute Gasteiger partial charge is 0.115 e. The molecule has 0 saturated heterocycles. The smallest absolute Gasteiger partial charge is 0.0405 e. The Morgan fingerprint density at radius 2 is 1.41 bits per heavy atom. The fourth-order valence-corrected chi connectivity index (χ4v) is 3.13. The maximum atomic E-state index is 5.88. The molecule has 0 atom stereocenters. The zero-order chi connectivity index (χ0) is 14.9. The summed E-state index contributed by atoms with van der Waals surface area (Å²) < 4.78 is 0. The van der Waals surface area contributed by atoms with E-state index in [0.29, 0.717) is 0 Å². The summed E-state index contributed by atoms with van der Waals surface area (Å²) in [6.45, 7) is 0. The average Bonchev–Trinajstić information content (AvgIpc) is 2.60. The number of hydrogen-bond acceptors (Lipinski definition) is 0. The summed E-state index contributed by atoms with van der Waals surface area (Å²) in [6, 6.07) is 27.3. The molecular formula is C22H14. The number of hydrogen-bond donors (Lipinski definition) is 0. The van der Waals surface area contributed by atoms with Crippen LogP contribution in [-0.4, -0.2) is 0 Å². The quantitative estimate of drug-likeness (QED) is 0.312. The van der Waals surface area contributed by atoms with Crippen LogP contribution in [0.1, 0.15) is 5.56 Å². The highest BCUT2D eigenvalue weighted by Gasteiger charge is 2.10. The van der Waals surface area contributed by atoms with Crippen LogP contribution >= 0.6 is 0 Å². The van der Waals surface area contributed by atoms with E-state index in [-0.39, 0.29) is 0 Å². The third-order valence-corrected chi connectivity index (χ3v) is 4.12. The molecule has 102 valence electrons. The van der Waals surface area contributed by atoms with Gasteiger partial charge in [-0.05, 0) is 33.4 Å². The topological polar surface area (TPSA) is 0 Å². The first-order chi connectivity index (χ1) is 10.9. The summed E-state index contributed by atoms with van der Waals surface area (Å²) in [5.74, 6) is 2.92. The van der Waals surface area contributed by atoms with Crippen LogP contribution < -0.4 is 0 Å². The maximum absolute atomic E-state index is 5.88. The van der Waals surface area contributed by atoms with Crippen LogP contribution in [-0.2, 0) is 0 Å². The minimum Gasteiger partial charge on any atom is -0.115 e. The van der Waals surface area contributed by atoms with Gasteiger partial charge in [0.05, 0.1) is 0 Å². The Morgan fingerprint density at radius 1 is 0.682 bits per heavy atom. The molecule has 0 aliphatic heterocycles. The second kappa shape index (κ2) is 5.06. The number of rotatable bonds is 1. The van der Waals surface area contributed by atoms with Crippen LogP contribution in [0.5, 0.6) is 0 Å². The van der Waals surface area contributed by atoms with Crippen LogP contribution in [0, 0.1) is 12.3 Å². The van der Waals surface area contributed by atoms with Crippen molar-refractivity contribution < 1.29 is 0 Å². The highest BCUT2D eigenvalue weighted by molar-refractivity contribution is 6.10. The van der Waals surface area contributed by atoms with Gasteiger partial charge in [-0.25, -0.2) is 0 Å². The Bertz CT molecular complexity index is 1020. The van der Waals surface area contributed by atoms with Gasteiger partial charge in [0.15, 0.2) is 0 Å². The van der Waals surface area contributed by atoms with Crippen LogP contribution in [0.2, 0.25) is 0 Å². The summed E-state index contributed by atoms with van der Waals surface area (Å²) in [4.78, 5) is 0. The van der Waals surface area contributed by atoms with Gasteiger partial charge in [-0.2, -0.15) is 0 Å². The Kier molecular flexibility index (Phi) is 2.92. The molecule has 0 aromatic heterocycles. The van der Waals surface area contributed by atoms with Crippen LogP contribution in [0.15, 0.2) is 78.9 Å². The molecule has 0 bridgehead atoms. The van der Waals surface area contributed by atoms with E-state index in [1.165, 1.54) is 21.9 Å². The van der Waals surface area contributed by atoms with Gasteiger partial charge in [0.2, 0.25) is 0 Å². The van der Waals surface area contributed by atoms with Crippen molar-refractivity contribution in [2.45, 2.75) is 0 Å². The van der Waals surface area contributed by atoms with Crippen molar-refractivity contribution in [3.63, 3.8) is 0 Å². The van der Waals surface area contributed by atoms with Crippen molar-refractivity contribution in [1.29, 1.82) is 0 Å². The zero-order valence-electron chi connectivity index (χ0n) is 12.1. The Morgan fingerprint density at radius 3 is 2.23 bits per heavy atom. The van der Waals surface area contributed by atoms with E-state index in [1.807, 2.05) is 12.1 Å². The van der Waals surface area contributed by atoms with Gasteiger partial charge in [0.1, 0.15) is 0 Å². The van der Waals surface area contributed by atoms with Crippen molar-refractivity contribution in [2.75, 3.05) is 0 Å². The summed E-state index contributed by atoms with van der Waals surface area (Å²) in [5, 5.41) is 4.68. The normalized spacial score (nSPS) is 10.7. The van der Waals surface area contributed by atoms with Crippen molar-refractivity contribution in [1.82, 2.24) is 0 Å². The van der Waals surface area contributed by atoms with Crippen molar-refractivity contribution in [3.05, 3.63) is 84.4 Å². The van der Waals surface area contributed by atoms with Gasteiger partial charge in [0.25, 0.3) is 0 Å². The molecule has 0 radical (unpaired) electrons. The third-order valence-electron chi connectivity index (χ3n) is 4.12. The molecule has 4 aromatic rings.